The fourth-order valence-electron chi connectivity index (χ4n) is 2.11. The predicted octanol–water partition coefficient (Wildman–Crippen LogP) is 2.43. The Hall–Kier alpha value is -0.900. The fourth-order valence-corrected chi connectivity index (χ4v) is 2.11. The second kappa shape index (κ2) is 9.96. The normalized spacial score (nSPS) is 12.6. The van der Waals surface area contributed by atoms with E-state index in [-0.39, 0.29) is 0 Å². The average molecular weight is 265 g/mol. The highest BCUT2D eigenvalue weighted by Gasteiger charge is 2.11. The maximum absolute atomic E-state index is 5.59. The maximum atomic E-state index is 5.59. The van der Waals surface area contributed by atoms with E-state index in [0.29, 0.717) is 5.92 Å². The number of rotatable bonds is 10. The molecule has 108 valence electrons. The summed E-state index contributed by atoms with van der Waals surface area (Å²) in [5, 5.41) is 3.43. The standard InChI is InChI=1S/C16H27NO2/c1-4-19-13-15(12-17-9-10-18-3)11-16-8-6-5-7-14(16)2/h5-8,15,17H,4,9-13H2,1-3H3. The lowest BCUT2D eigenvalue weighted by atomic mass is 9.96. The Labute approximate surface area is 117 Å². The van der Waals surface area contributed by atoms with Gasteiger partial charge in [0, 0.05) is 26.8 Å². The maximum Gasteiger partial charge on any atom is 0.0587 e. The van der Waals surface area contributed by atoms with Gasteiger partial charge in [0.15, 0.2) is 0 Å². The lowest BCUT2D eigenvalue weighted by Crippen LogP contribution is -2.30. The minimum Gasteiger partial charge on any atom is -0.383 e. The number of methoxy groups -OCH3 is 1. The van der Waals surface area contributed by atoms with E-state index in [0.717, 1.165) is 39.3 Å². The average Bonchev–Trinajstić information content (AvgIpc) is 2.43. The zero-order valence-electron chi connectivity index (χ0n) is 12.4. The topological polar surface area (TPSA) is 30.5 Å². The van der Waals surface area contributed by atoms with Gasteiger partial charge < -0.3 is 14.8 Å². The molecule has 1 atom stereocenters. The molecule has 0 aliphatic carbocycles. The van der Waals surface area contributed by atoms with Crippen LogP contribution in [0.25, 0.3) is 0 Å². The first-order valence-corrected chi connectivity index (χ1v) is 7.09. The minimum absolute atomic E-state index is 0.512. The van der Waals surface area contributed by atoms with Crippen LogP contribution in [0.4, 0.5) is 0 Å². The van der Waals surface area contributed by atoms with E-state index in [2.05, 4.69) is 36.5 Å². The largest absolute Gasteiger partial charge is 0.383 e. The summed E-state index contributed by atoms with van der Waals surface area (Å²) in [6.45, 7) is 8.43. The van der Waals surface area contributed by atoms with Crippen molar-refractivity contribution < 1.29 is 9.47 Å². The molecule has 0 amide bonds. The van der Waals surface area contributed by atoms with Crippen LogP contribution in [-0.2, 0) is 15.9 Å². The van der Waals surface area contributed by atoms with Crippen LogP contribution in [0.3, 0.4) is 0 Å². The van der Waals surface area contributed by atoms with Crippen molar-refractivity contribution in [3.05, 3.63) is 35.4 Å². The molecular formula is C16H27NO2. The van der Waals surface area contributed by atoms with Gasteiger partial charge in [-0.3, -0.25) is 0 Å². The monoisotopic (exact) mass is 265 g/mol. The number of ether oxygens (including phenoxy) is 2. The summed E-state index contributed by atoms with van der Waals surface area (Å²) >= 11 is 0. The van der Waals surface area contributed by atoms with Crippen LogP contribution in [-0.4, -0.2) is 40.0 Å². The summed E-state index contributed by atoms with van der Waals surface area (Å²) in [5.74, 6) is 0.512. The molecule has 0 bridgehead atoms. The molecule has 1 unspecified atom stereocenters. The molecule has 19 heavy (non-hydrogen) atoms. The molecule has 1 N–H and O–H groups in total. The molecule has 3 nitrogen and oxygen atoms in total. The second-order valence-electron chi connectivity index (χ2n) is 4.85. The van der Waals surface area contributed by atoms with Gasteiger partial charge in [0.2, 0.25) is 0 Å². The molecule has 1 aromatic carbocycles. The molecule has 0 heterocycles. The van der Waals surface area contributed by atoms with Crippen molar-refractivity contribution in [3.63, 3.8) is 0 Å². The lowest BCUT2D eigenvalue weighted by molar-refractivity contribution is 0.108. The molecule has 1 rings (SSSR count). The van der Waals surface area contributed by atoms with Crippen LogP contribution in [0.5, 0.6) is 0 Å². The zero-order valence-corrected chi connectivity index (χ0v) is 12.4. The Balaban J connectivity index is 2.46. The van der Waals surface area contributed by atoms with Crippen molar-refractivity contribution in [2.45, 2.75) is 20.3 Å². The summed E-state index contributed by atoms with van der Waals surface area (Å²) in [5.41, 5.74) is 2.78. The molecule has 3 heteroatoms. The highest BCUT2D eigenvalue weighted by molar-refractivity contribution is 5.25. The van der Waals surface area contributed by atoms with Crippen molar-refractivity contribution in [1.29, 1.82) is 0 Å². The zero-order chi connectivity index (χ0) is 13.9. The number of benzene rings is 1. The van der Waals surface area contributed by atoms with Gasteiger partial charge in [0.25, 0.3) is 0 Å². The summed E-state index contributed by atoms with van der Waals surface area (Å²) in [6, 6.07) is 8.58. The van der Waals surface area contributed by atoms with Gasteiger partial charge in [0.05, 0.1) is 13.2 Å². The van der Waals surface area contributed by atoms with Crippen molar-refractivity contribution >= 4 is 0 Å². The van der Waals surface area contributed by atoms with Gasteiger partial charge in [0.1, 0.15) is 0 Å². The molecule has 0 radical (unpaired) electrons. The van der Waals surface area contributed by atoms with E-state index < -0.39 is 0 Å². The Bertz CT molecular complexity index is 341. The van der Waals surface area contributed by atoms with Crippen LogP contribution in [0.2, 0.25) is 0 Å². The van der Waals surface area contributed by atoms with Crippen LogP contribution < -0.4 is 5.32 Å². The first-order valence-electron chi connectivity index (χ1n) is 7.09. The molecule has 0 aliphatic heterocycles. The Morgan fingerprint density at radius 3 is 2.74 bits per heavy atom. The van der Waals surface area contributed by atoms with Gasteiger partial charge in [-0.15, -0.1) is 0 Å². The van der Waals surface area contributed by atoms with E-state index in [9.17, 15) is 0 Å². The highest BCUT2D eigenvalue weighted by Crippen LogP contribution is 2.13. The summed E-state index contributed by atoms with van der Waals surface area (Å²) < 4.78 is 10.6. The molecule has 0 aliphatic rings. The minimum atomic E-state index is 0.512. The quantitative estimate of drug-likeness (QED) is 0.659. The third kappa shape index (κ3) is 6.71. The van der Waals surface area contributed by atoms with Crippen molar-refractivity contribution in [2.75, 3.05) is 40.0 Å². The number of aryl methyl sites for hydroxylation is 1. The predicted molar refractivity (Wildman–Crippen MR) is 79.6 cm³/mol. The van der Waals surface area contributed by atoms with Gasteiger partial charge in [-0.25, -0.2) is 0 Å². The van der Waals surface area contributed by atoms with E-state index in [1.807, 2.05) is 6.92 Å². The molecule has 1 aromatic rings. The van der Waals surface area contributed by atoms with Crippen molar-refractivity contribution in [2.24, 2.45) is 5.92 Å². The van der Waals surface area contributed by atoms with Crippen molar-refractivity contribution in [1.82, 2.24) is 5.32 Å². The third-order valence-corrected chi connectivity index (χ3v) is 3.24. The first kappa shape index (κ1) is 16.2. The Morgan fingerprint density at radius 2 is 2.05 bits per heavy atom. The smallest absolute Gasteiger partial charge is 0.0587 e. The van der Waals surface area contributed by atoms with E-state index in [1.165, 1.54) is 11.1 Å². The number of hydrogen-bond donors (Lipinski definition) is 1. The molecule has 0 saturated heterocycles. The van der Waals surface area contributed by atoms with Gasteiger partial charge >= 0.3 is 0 Å². The second-order valence-corrected chi connectivity index (χ2v) is 4.85. The number of nitrogens with one attached hydrogen (secondary N) is 1. The van der Waals surface area contributed by atoms with E-state index in [1.54, 1.807) is 7.11 Å². The molecule has 0 fully saturated rings. The van der Waals surface area contributed by atoms with Gasteiger partial charge in [-0.2, -0.15) is 0 Å². The van der Waals surface area contributed by atoms with Crippen LogP contribution in [0.15, 0.2) is 24.3 Å². The van der Waals surface area contributed by atoms with Crippen LogP contribution >= 0.6 is 0 Å². The highest BCUT2D eigenvalue weighted by atomic mass is 16.5. The Morgan fingerprint density at radius 1 is 1.26 bits per heavy atom. The van der Waals surface area contributed by atoms with E-state index in [4.69, 9.17) is 9.47 Å². The first-order chi connectivity index (χ1) is 9.27. The molecule has 0 saturated carbocycles. The van der Waals surface area contributed by atoms with E-state index >= 15 is 0 Å². The summed E-state index contributed by atoms with van der Waals surface area (Å²) in [4.78, 5) is 0. The fraction of sp³-hybridized carbons (Fsp3) is 0.625. The third-order valence-electron chi connectivity index (χ3n) is 3.24. The molecule has 0 aromatic heterocycles. The van der Waals surface area contributed by atoms with Crippen molar-refractivity contribution in [3.8, 4) is 0 Å². The van der Waals surface area contributed by atoms with Gasteiger partial charge in [-0.05, 0) is 37.3 Å². The van der Waals surface area contributed by atoms with Crippen LogP contribution in [0.1, 0.15) is 18.1 Å². The Kier molecular flexibility index (Phi) is 8.47. The molecule has 0 spiro atoms. The lowest BCUT2D eigenvalue weighted by Gasteiger charge is -2.18. The van der Waals surface area contributed by atoms with Gasteiger partial charge in [-0.1, -0.05) is 24.3 Å². The SMILES string of the molecule is CCOCC(CNCCOC)Cc1ccccc1C. The number of hydrogen-bond acceptors (Lipinski definition) is 3. The summed E-state index contributed by atoms with van der Waals surface area (Å²) in [7, 11) is 1.73. The molecular weight excluding hydrogens is 238 g/mol. The summed E-state index contributed by atoms with van der Waals surface area (Å²) in [6.07, 6.45) is 1.06. The van der Waals surface area contributed by atoms with Crippen LogP contribution in [0, 0.1) is 12.8 Å².